The van der Waals surface area contributed by atoms with Crippen molar-refractivity contribution >= 4 is 11.5 Å². The largest absolute Gasteiger partial charge is 0.461 e. The first-order valence-corrected chi connectivity index (χ1v) is 14.4. The van der Waals surface area contributed by atoms with Crippen LogP contribution >= 0.6 is 0 Å². The zero-order valence-electron chi connectivity index (χ0n) is 22.8. The Hall–Kier alpha value is -2.84. The molecule has 2 aromatic rings. The quantitative estimate of drug-likeness (QED) is 0.394. The summed E-state index contributed by atoms with van der Waals surface area (Å²) in [6, 6.07) is 0.885. The van der Waals surface area contributed by atoms with Gasteiger partial charge >= 0.3 is 12.2 Å². The predicted molar refractivity (Wildman–Crippen MR) is 140 cm³/mol. The van der Waals surface area contributed by atoms with Crippen LogP contribution < -0.4 is 20.7 Å². The van der Waals surface area contributed by atoms with Gasteiger partial charge in [-0.2, -0.15) is 23.1 Å². The van der Waals surface area contributed by atoms with Gasteiger partial charge in [0.05, 0.1) is 29.6 Å². The molecule has 5 aliphatic rings. The zero-order chi connectivity index (χ0) is 29.4. The van der Waals surface area contributed by atoms with E-state index in [0.717, 1.165) is 32.2 Å². The monoisotopic (exact) mass is 598 g/mol. The summed E-state index contributed by atoms with van der Waals surface area (Å²) in [5.41, 5.74) is 2.53. The van der Waals surface area contributed by atoms with Gasteiger partial charge in [-0.3, -0.25) is 4.90 Å². The second-order valence-electron chi connectivity index (χ2n) is 12.2. The highest BCUT2D eigenvalue weighted by atomic mass is 19.4. The Labute approximate surface area is 238 Å². The van der Waals surface area contributed by atoms with Crippen molar-refractivity contribution in [1.82, 2.24) is 20.2 Å². The van der Waals surface area contributed by atoms with Crippen LogP contribution in [0.25, 0.3) is 0 Å². The molecule has 5 atom stereocenters. The van der Waals surface area contributed by atoms with E-state index >= 15 is 4.39 Å². The van der Waals surface area contributed by atoms with E-state index in [4.69, 9.17) is 20.2 Å². The fourth-order valence-electron chi connectivity index (χ4n) is 7.62. The smallest absolute Gasteiger partial charge is 0.419 e. The number of nitrogen functional groups attached to an aromatic ring is 1. The van der Waals surface area contributed by atoms with Crippen molar-refractivity contribution in [2.75, 3.05) is 43.4 Å². The summed E-state index contributed by atoms with van der Waals surface area (Å²) in [5.74, 6) is -2.49. The van der Waals surface area contributed by atoms with Crippen LogP contribution in [-0.4, -0.2) is 71.4 Å². The van der Waals surface area contributed by atoms with Gasteiger partial charge in [-0.25, -0.2) is 13.2 Å². The molecule has 42 heavy (non-hydrogen) atoms. The lowest BCUT2D eigenvalue weighted by atomic mass is 9.93. The molecule has 0 spiro atoms. The van der Waals surface area contributed by atoms with Crippen LogP contribution in [0.4, 0.5) is 37.8 Å². The predicted octanol–water partition coefficient (Wildman–Crippen LogP) is 4.07. The summed E-state index contributed by atoms with van der Waals surface area (Å²) in [4.78, 5) is 13.5. The van der Waals surface area contributed by atoms with Crippen molar-refractivity contribution in [1.29, 1.82) is 0 Å². The third-order valence-corrected chi connectivity index (χ3v) is 9.49. The second-order valence-corrected chi connectivity index (χ2v) is 12.2. The summed E-state index contributed by atoms with van der Waals surface area (Å²) >= 11 is 0. The number of nitrogens with zero attached hydrogens (tertiary/aromatic N) is 4. The maximum absolute atomic E-state index is 15.1. The first-order chi connectivity index (χ1) is 20.0. The van der Waals surface area contributed by atoms with E-state index in [1.165, 1.54) is 0 Å². The average molecular weight is 599 g/mol. The van der Waals surface area contributed by atoms with Crippen LogP contribution in [-0.2, 0) is 23.9 Å². The SMILES string of the molecule is Nc1cc(F)c(C(F)(F)F)c([C@@H]2Cc3nc(OC[C@@]45CCCN4C[C@H](F)C5)nc(N4CC5CCC(C4)N5)c3CO2)c1F. The zero-order valence-corrected chi connectivity index (χ0v) is 22.8. The second kappa shape index (κ2) is 10.1. The fraction of sp³-hybridized carbons (Fsp3) is 0.643. The Bertz CT molecular complexity index is 1380. The molecular formula is C28H32F6N6O2. The lowest BCUT2D eigenvalue weighted by molar-refractivity contribution is -0.142. The van der Waals surface area contributed by atoms with E-state index in [2.05, 4.69) is 20.1 Å². The molecule has 7 rings (SSSR count). The standard InChI is InChI=1S/C28H32F6N6O2/c29-14-8-27(4-1-5-40(27)9-14)13-42-26-37-20-7-21(22-23(28(32,33)34)18(30)6-19(35)24(22)31)41-12-17(20)25(38-26)39-10-15-2-3-16(11-39)36-15/h6,14-16,21,36H,1-5,7-13,35H2/t14-,15?,16?,21+,27+/m1/s1. The summed E-state index contributed by atoms with van der Waals surface area (Å²) in [5, 5.41) is 3.56. The Morgan fingerprint density at radius 1 is 1.14 bits per heavy atom. The van der Waals surface area contributed by atoms with Crippen LogP contribution in [0.1, 0.15) is 60.6 Å². The highest BCUT2D eigenvalue weighted by Gasteiger charge is 2.50. The van der Waals surface area contributed by atoms with Crippen molar-refractivity contribution in [2.45, 2.75) is 81.2 Å². The van der Waals surface area contributed by atoms with Gasteiger partial charge in [0.2, 0.25) is 0 Å². The average Bonchev–Trinajstić information content (AvgIpc) is 3.58. The molecule has 3 N–H and O–H groups in total. The van der Waals surface area contributed by atoms with Crippen molar-refractivity contribution < 1.29 is 35.8 Å². The Morgan fingerprint density at radius 2 is 1.90 bits per heavy atom. The number of hydrogen-bond acceptors (Lipinski definition) is 8. The number of piperazine rings is 1. The molecule has 0 radical (unpaired) electrons. The third kappa shape index (κ3) is 4.75. The molecular weight excluding hydrogens is 566 g/mol. The van der Waals surface area contributed by atoms with Crippen molar-refractivity contribution in [3.05, 3.63) is 40.1 Å². The minimum Gasteiger partial charge on any atom is -0.461 e. The number of halogens is 6. The number of ether oxygens (including phenoxy) is 2. The highest BCUT2D eigenvalue weighted by Crippen LogP contribution is 2.45. The molecule has 4 fully saturated rings. The Morgan fingerprint density at radius 3 is 2.64 bits per heavy atom. The number of nitrogens with one attached hydrogen (secondary N) is 1. The number of alkyl halides is 4. The van der Waals surface area contributed by atoms with E-state index < -0.39 is 52.4 Å². The van der Waals surface area contributed by atoms with Gasteiger partial charge in [0, 0.05) is 61.8 Å². The molecule has 2 unspecified atom stereocenters. The van der Waals surface area contributed by atoms with Crippen LogP contribution in [0.2, 0.25) is 0 Å². The number of aromatic nitrogens is 2. The molecule has 8 nitrogen and oxygen atoms in total. The number of hydrogen-bond donors (Lipinski definition) is 2. The molecule has 1 aromatic heterocycles. The molecule has 5 aliphatic heterocycles. The number of rotatable bonds is 5. The van der Waals surface area contributed by atoms with E-state index in [1.807, 2.05) is 0 Å². The number of fused-ring (bicyclic) bond motifs is 4. The van der Waals surface area contributed by atoms with Crippen molar-refractivity contribution in [3.63, 3.8) is 0 Å². The summed E-state index contributed by atoms with van der Waals surface area (Å²) < 4.78 is 97.7. The molecule has 0 aliphatic carbocycles. The third-order valence-electron chi connectivity index (χ3n) is 9.49. The molecule has 14 heteroatoms. The van der Waals surface area contributed by atoms with E-state index in [1.54, 1.807) is 0 Å². The molecule has 2 bridgehead atoms. The normalized spacial score (nSPS) is 31.0. The van der Waals surface area contributed by atoms with Gasteiger partial charge in [0.1, 0.15) is 30.0 Å². The molecule has 0 amide bonds. The van der Waals surface area contributed by atoms with Gasteiger partial charge in [0.25, 0.3) is 0 Å². The summed E-state index contributed by atoms with van der Waals surface area (Å²) in [6.45, 7) is 2.43. The van der Waals surface area contributed by atoms with E-state index in [0.29, 0.717) is 49.2 Å². The number of anilines is 2. The Balaban J connectivity index is 1.25. The summed E-state index contributed by atoms with van der Waals surface area (Å²) in [6.07, 6.45) is -3.80. The van der Waals surface area contributed by atoms with Gasteiger partial charge in [-0.1, -0.05) is 0 Å². The first kappa shape index (κ1) is 28.0. The topological polar surface area (TPSA) is 88.8 Å². The first-order valence-electron chi connectivity index (χ1n) is 14.4. The van der Waals surface area contributed by atoms with Crippen LogP contribution in [0.15, 0.2) is 6.07 Å². The van der Waals surface area contributed by atoms with E-state index in [-0.39, 0.29) is 37.7 Å². The number of nitrogens with two attached hydrogens (primary N) is 1. The lowest BCUT2D eigenvalue weighted by Crippen LogP contribution is -2.52. The van der Waals surface area contributed by atoms with Gasteiger partial charge in [-0.15, -0.1) is 0 Å². The molecule has 6 heterocycles. The van der Waals surface area contributed by atoms with Gasteiger partial charge < -0.3 is 25.4 Å². The minimum absolute atomic E-state index is 0.0223. The molecule has 1 aromatic carbocycles. The van der Waals surface area contributed by atoms with Crippen molar-refractivity contribution in [2.24, 2.45) is 0 Å². The molecule has 0 saturated carbocycles. The van der Waals surface area contributed by atoms with Crippen molar-refractivity contribution in [3.8, 4) is 6.01 Å². The maximum atomic E-state index is 15.1. The van der Waals surface area contributed by atoms with Crippen LogP contribution in [0.3, 0.4) is 0 Å². The fourth-order valence-corrected chi connectivity index (χ4v) is 7.62. The van der Waals surface area contributed by atoms with Gasteiger partial charge in [0.15, 0.2) is 5.82 Å². The highest BCUT2D eigenvalue weighted by molar-refractivity contribution is 5.54. The van der Waals surface area contributed by atoms with E-state index in [9.17, 15) is 22.0 Å². The molecule has 228 valence electrons. The minimum atomic E-state index is -5.18. The molecule has 4 saturated heterocycles. The Kier molecular flexibility index (Phi) is 6.74. The van der Waals surface area contributed by atoms with Crippen LogP contribution in [0.5, 0.6) is 6.01 Å². The lowest BCUT2D eigenvalue weighted by Gasteiger charge is -2.37. The maximum Gasteiger partial charge on any atom is 0.419 e. The summed E-state index contributed by atoms with van der Waals surface area (Å²) in [7, 11) is 0. The van der Waals surface area contributed by atoms with Gasteiger partial charge in [-0.05, 0) is 32.2 Å². The number of benzene rings is 1. The van der Waals surface area contributed by atoms with Crippen LogP contribution in [0, 0.1) is 11.6 Å².